The molecule has 0 atom stereocenters. The average molecular weight is 885 g/mol. The number of hydrogen-bond acceptors (Lipinski definition) is 16. The van der Waals surface area contributed by atoms with Gasteiger partial charge >= 0.3 is 0 Å². The van der Waals surface area contributed by atoms with Crippen molar-refractivity contribution in [1.82, 2.24) is 19.9 Å². The summed E-state index contributed by atoms with van der Waals surface area (Å²) in [5.74, 6) is -6.08. The third-order valence-corrected chi connectivity index (χ3v) is 10.9. The van der Waals surface area contributed by atoms with E-state index in [2.05, 4.69) is 30.6 Å². The zero-order valence-corrected chi connectivity index (χ0v) is 34.1. The molecular formula is C38H32F4N8O7S3. The summed E-state index contributed by atoms with van der Waals surface area (Å²) in [4.78, 5) is 29.0. The van der Waals surface area contributed by atoms with Gasteiger partial charge in [-0.05, 0) is 72.8 Å². The third-order valence-electron chi connectivity index (χ3n) is 8.21. The number of hydrogen-bond donors (Lipinski definition) is 4. The lowest BCUT2D eigenvalue weighted by Crippen LogP contribution is -2.13. The Morgan fingerprint density at radius 2 is 1.00 bits per heavy atom. The normalized spacial score (nSPS) is 11.2. The molecule has 0 aliphatic heterocycles. The number of ketones is 1. The molecule has 0 aliphatic rings. The highest BCUT2D eigenvalue weighted by Gasteiger charge is 2.26. The summed E-state index contributed by atoms with van der Waals surface area (Å²) in [6.07, 6.45) is 4.55. The largest absolute Gasteiger partial charge is 0.496 e. The molecule has 0 amide bonds. The minimum atomic E-state index is -3.34. The van der Waals surface area contributed by atoms with Crippen molar-refractivity contribution in [2.24, 2.45) is 0 Å². The zero-order chi connectivity index (χ0) is 44.1. The van der Waals surface area contributed by atoms with Gasteiger partial charge in [-0.2, -0.15) is 9.97 Å². The van der Waals surface area contributed by atoms with Crippen LogP contribution in [0.4, 0.5) is 52.5 Å². The number of ether oxygens (including phenoxy) is 2. The van der Waals surface area contributed by atoms with Crippen LogP contribution in [0.15, 0.2) is 95.0 Å². The molecule has 6 aromatic rings. The second-order valence-electron chi connectivity index (χ2n) is 12.4. The van der Waals surface area contributed by atoms with E-state index < -0.39 is 54.3 Å². The average Bonchev–Trinajstić information content (AvgIpc) is 3.19. The smallest absolute Gasteiger partial charge is 0.229 e. The number of sulfone groups is 2. The van der Waals surface area contributed by atoms with E-state index in [-0.39, 0.29) is 66.4 Å². The number of nitrogens with one attached hydrogen (secondary N) is 2. The van der Waals surface area contributed by atoms with Gasteiger partial charge in [0.1, 0.15) is 28.7 Å². The Morgan fingerprint density at radius 3 is 1.38 bits per heavy atom. The van der Waals surface area contributed by atoms with Crippen LogP contribution in [0.5, 0.6) is 11.5 Å². The number of nitrogens with zero attached hydrogens (tertiary/aromatic N) is 4. The topological polar surface area (TPSA) is 231 Å². The van der Waals surface area contributed by atoms with E-state index in [0.29, 0.717) is 11.4 Å². The van der Waals surface area contributed by atoms with E-state index in [9.17, 15) is 39.2 Å². The van der Waals surface area contributed by atoms with Gasteiger partial charge in [-0.25, -0.2) is 44.4 Å². The Bertz CT molecular complexity index is 2660. The molecule has 6 rings (SSSR count). The molecule has 2 heterocycles. The predicted molar refractivity (Wildman–Crippen MR) is 219 cm³/mol. The number of nitrogens with two attached hydrogens (primary N) is 2. The van der Waals surface area contributed by atoms with Crippen LogP contribution in [0.25, 0.3) is 0 Å². The van der Waals surface area contributed by atoms with Gasteiger partial charge in [0.05, 0.1) is 45.6 Å². The van der Waals surface area contributed by atoms with Crippen LogP contribution in [0.3, 0.4) is 0 Å². The first-order chi connectivity index (χ1) is 28.2. The van der Waals surface area contributed by atoms with Crippen molar-refractivity contribution in [3.63, 3.8) is 0 Å². The molecular weight excluding hydrogens is 853 g/mol. The van der Waals surface area contributed by atoms with Crippen molar-refractivity contribution in [2.75, 3.05) is 48.8 Å². The van der Waals surface area contributed by atoms with Gasteiger partial charge < -0.3 is 31.6 Å². The Kier molecular flexibility index (Phi) is 13.3. The molecule has 0 saturated heterocycles. The maximum Gasteiger partial charge on any atom is 0.229 e. The van der Waals surface area contributed by atoms with Crippen LogP contribution >= 0.6 is 12.2 Å². The zero-order valence-electron chi connectivity index (χ0n) is 31.6. The Hall–Kier alpha value is -6.78. The molecule has 22 heteroatoms. The SMILES string of the molecule is COc1ccc(F)c(F)c1C(=O)c1cnc(Nc2ccc(S(C)(=O)=O)cc2)nc1N.COc1ccc(F)c(F)c1C(=S)c1cnc(Nc2ccc(S(C)(=O)=O)cc2)nc1N. The number of aromatic nitrogens is 4. The predicted octanol–water partition coefficient (Wildman–Crippen LogP) is 5.98. The monoisotopic (exact) mass is 884 g/mol. The van der Waals surface area contributed by atoms with Crippen LogP contribution in [0, 0.1) is 23.3 Å². The number of anilines is 6. The molecule has 0 aliphatic carbocycles. The van der Waals surface area contributed by atoms with Gasteiger partial charge in [0.15, 0.2) is 42.9 Å². The Balaban J connectivity index is 0.000000228. The highest BCUT2D eigenvalue weighted by Crippen LogP contribution is 2.30. The van der Waals surface area contributed by atoms with E-state index in [1.165, 1.54) is 62.9 Å². The Morgan fingerprint density at radius 1 is 0.617 bits per heavy atom. The van der Waals surface area contributed by atoms with Crippen molar-refractivity contribution in [3.8, 4) is 11.5 Å². The highest BCUT2D eigenvalue weighted by atomic mass is 32.2. The maximum atomic E-state index is 14.3. The number of nitrogen functional groups attached to an aromatic ring is 2. The lowest BCUT2D eigenvalue weighted by molar-refractivity contribution is 0.103. The van der Waals surface area contributed by atoms with Gasteiger partial charge in [-0.15, -0.1) is 0 Å². The van der Waals surface area contributed by atoms with Crippen LogP contribution in [0.1, 0.15) is 27.0 Å². The van der Waals surface area contributed by atoms with E-state index in [1.54, 1.807) is 12.1 Å². The number of rotatable bonds is 12. The highest BCUT2D eigenvalue weighted by molar-refractivity contribution is 7.91. The van der Waals surface area contributed by atoms with Crippen LogP contribution in [0.2, 0.25) is 0 Å². The second kappa shape index (κ2) is 18.0. The molecule has 0 unspecified atom stereocenters. The lowest BCUT2D eigenvalue weighted by Gasteiger charge is -2.13. The van der Waals surface area contributed by atoms with Gasteiger partial charge in [0.25, 0.3) is 0 Å². The van der Waals surface area contributed by atoms with Gasteiger partial charge in [0.2, 0.25) is 17.7 Å². The summed E-state index contributed by atoms with van der Waals surface area (Å²) in [7, 11) is -4.13. The van der Waals surface area contributed by atoms with Crippen molar-refractivity contribution in [1.29, 1.82) is 0 Å². The first-order valence-corrected chi connectivity index (χ1v) is 20.9. The molecule has 4 aromatic carbocycles. The summed E-state index contributed by atoms with van der Waals surface area (Å²) in [5.41, 5.74) is 11.8. The molecule has 60 heavy (non-hydrogen) atoms. The summed E-state index contributed by atoms with van der Waals surface area (Å²) in [5, 5.41) is 5.68. The van der Waals surface area contributed by atoms with E-state index in [4.69, 9.17) is 33.2 Å². The minimum absolute atomic E-state index is 0.0165. The van der Waals surface area contributed by atoms with Crippen LogP contribution in [-0.2, 0) is 19.7 Å². The fourth-order valence-electron chi connectivity index (χ4n) is 5.19. The fraction of sp³-hybridized carbons (Fsp3) is 0.105. The summed E-state index contributed by atoms with van der Waals surface area (Å²) >= 11 is 5.27. The molecule has 0 radical (unpaired) electrons. The standard InChI is InChI=1S/C19H16F2N4O4S.C19H16F2N4O3S2/c1-29-14-8-7-13(20)16(21)15(14)17(26)12-9-23-19(25-18(12)22)24-10-3-5-11(6-4-10)30(2,27)28;1-28-14-8-7-13(20)16(21)15(14)17(29)12-9-23-19(25-18(12)22)24-10-3-5-11(6-4-10)30(2,26)27/h2*3-9H,1-2H3,(H3,22,23,24,25). The molecule has 6 N–H and O–H groups in total. The molecule has 0 spiro atoms. The maximum absolute atomic E-state index is 14.3. The molecule has 0 fully saturated rings. The van der Waals surface area contributed by atoms with Crippen molar-refractivity contribution in [3.05, 3.63) is 131 Å². The fourth-order valence-corrected chi connectivity index (χ4v) is 6.80. The molecule has 2 aromatic heterocycles. The molecule has 0 bridgehead atoms. The molecule has 15 nitrogen and oxygen atoms in total. The number of thiocarbonyl (C=S) groups is 1. The van der Waals surface area contributed by atoms with Crippen LogP contribution < -0.4 is 31.6 Å². The number of carbonyl (C=O) groups is 1. The van der Waals surface area contributed by atoms with Crippen LogP contribution in [-0.4, -0.2) is 74.2 Å². The summed E-state index contributed by atoms with van der Waals surface area (Å²) < 4.78 is 112. The van der Waals surface area contributed by atoms with Crippen molar-refractivity contribution < 1.29 is 48.7 Å². The van der Waals surface area contributed by atoms with Gasteiger partial charge in [0, 0.05) is 36.3 Å². The number of halogens is 4. The molecule has 0 saturated carbocycles. The minimum Gasteiger partial charge on any atom is -0.496 e. The van der Waals surface area contributed by atoms with E-state index in [0.717, 1.165) is 36.9 Å². The first-order valence-electron chi connectivity index (χ1n) is 16.8. The second-order valence-corrected chi connectivity index (χ2v) is 16.8. The van der Waals surface area contributed by atoms with Crippen molar-refractivity contribution >= 4 is 77.4 Å². The third kappa shape index (κ3) is 10.1. The van der Waals surface area contributed by atoms with E-state index in [1.807, 2.05) is 0 Å². The summed E-state index contributed by atoms with van der Waals surface area (Å²) in [6.45, 7) is 0. The number of methoxy groups -OCH3 is 2. The number of benzene rings is 4. The van der Waals surface area contributed by atoms with Gasteiger partial charge in [-0.1, -0.05) is 12.2 Å². The number of carbonyl (C=O) groups excluding carboxylic acids is 1. The summed E-state index contributed by atoms with van der Waals surface area (Å²) in [6, 6.07) is 15.9. The van der Waals surface area contributed by atoms with Crippen molar-refractivity contribution in [2.45, 2.75) is 9.79 Å². The lowest BCUT2D eigenvalue weighted by atomic mass is 10.0. The first kappa shape index (κ1) is 44.3. The van der Waals surface area contributed by atoms with Gasteiger partial charge in [-0.3, -0.25) is 4.79 Å². The quantitative estimate of drug-likeness (QED) is 0.0629. The Labute approximate surface area is 345 Å². The van der Waals surface area contributed by atoms with E-state index >= 15 is 0 Å². The molecule has 312 valence electrons.